The Labute approximate surface area is 92.4 Å². The van der Waals surface area contributed by atoms with Crippen LogP contribution in [0.2, 0.25) is 0 Å². The van der Waals surface area contributed by atoms with E-state index >= 15 is 0 Å². The van der Waals surface area contributed by atoms with Crippen LogP contribution in [0.25, 0.3) is 0 Å². The Morgan fingerprint density at radius 1 is 1.40 bits per heavy atom. The summed E-state index contributed by atoms with van der Waals surface area (Å²) in [6, 6.07) is 0. The highest BCUT2D eigenvalue weighted by Gasteiger charge is 2.18. The fourth-order valence-corrected chi connectivity index (χ4v) is 1.97. The standard InChI is InChI=1S/C11H23N3O/c1-10(15)13-9-11-3-6-14(7-4-11)8-5-12-2/h11-12H,3-9H2,1-2H3,(H,13,15). The molecule has 1 aliphatic heterocycles. The first-order chi connectivity index (χ1) is 7.22. The van der Waals surface area contributed by atoms with E-state index in [1.165, 1.54) is 25.9 Å². The molecule has 0 aromatic heterocycles. The molecular weight excluding hydrogens is 190 g/mol. The van der Waals surface area contributed by atoms with Crippen LogP contribution in [0, 0.1) is 5.92 Å². The third kappa shape index (κ3) is 5.14. The lowest BCUT2D eigenvalue weighted by atomic mass is 9.97. The van der Waals surface area contributed by atoms with Gasteiger partial charge in [-0.25, -0.2) is 0 Å². The van der Waals surface area contributed by atoms with E-state index in [9.17, 15) is 4.79 Å². The zero-order chi connectivity index (χ0) is 11.1. The Kier molecular flexibility index (Phi) is 5.65. The van der Waals surface area contributed by atoms with Gasteiger partial charge in [0.05, 0.1) is 0 Å². The van der Waals surface area contributed by atoms with Crippen molar-refractivity contribution in [1.82, 2.24) is 15.5 Å². The molecule has 0 atom stereocenters. The van der Waals surface area contributed by atoms with Crippen molar-refractivity contribution < 1.29 is 4.79 Å². The summed E-state index contributed by atoms with van der Waals surface area (Å²) in [7, 11) is 1.99. The highest BCUT2D eigenvalue weighted by atomic mass is 16.1. The Hall–Kier alpha value is -0.610. The molecule has 88 valence electrons. The summed E-state index contributed by atoms with van der Waals surface area (Å²) >= 11 is 0. The highest BCUT2D eigenvalue weighted by molar-refractivity contribution is 5.72. The Morgan fingerprint density at radius 2 is 2.07 bits per heavy atom. The number of nitrogens with one attached hydrogen (secondary N) is 2. The van der Waals surface area contributed by atoms with Crippen LogP contribution in [0.3, 0.4) is 0 Å². The van der Waals surface area contributed by atoms with Gasteiger partial charge in [-0.15, -0.1) is 0 Å². The lowest BCUT2D eigenvalue weighted by Gasteiger charge is -2.31. The quantitative estimate of drug-likeness (QED) is 0.678. The number of hydrogen-bond acceptors (Lipinski definition) is 3. The summed E-state index contributed by atoms with van der Waals surface area (Å²) in [6.07, 6.45) is 2.42. The molecule has 0 aromatic carbocycles. The molecule has 4 nitrogen and oxygen atoms in total. The minimum atomic E-state index is 0.0904. The predicted molar refractivity (Wildman–Crippen MR) is 61.8 cm³/mol. The van der Waals surface area contributed by atoms with Gasteiger partial charge in [0.25, 0.3) is 0 Å². The average Bonchev–Trinajstić information content (AvgIpc) is 2.25. The zero-order valence-electron chi connectivity index (χ0n) is 9.88. The normalized spacial score (nSPS) is 19.1. The number of likely N-dealkylation sites (N-methyl/N-ethyl adjacent to an activating group) is 1. The summed E-state index contributed by atoms with van der Waals surface area (Å²) in [5, 5.41) is 6.07. The second kappa shape index (κ2) is 6.80. The number of hydrogen-bond donors (Lipinski definition) is 2. The van der Waals surface area contributed by atoms with E-state index in [1.54, 1.807) is 6.92 Å². The number of amides is 1. The Morgan fingerprint density at radius 3 is 2.60 bits per heavy atom. The van der Waals surface area contributed by atoms with Crippen molar-refractivity contribution >= 4 is 5.91 Å². The van der Waals surface area contributed by atoms with E-state index in [0.717, 1.165) is 19.6 Å². The Bertz CT molecular complexity index is 188. The maximum Gasteiger partial charge on any atom is 0.216 e. The summed E-state index contributed by atoms with van der Waals surface area (Å²) in [5.41, 5.74) is 0. The third-order valence-corrected chi connectivity index (χ3v) is 3.02. The SMILES string of the molecule is CNCCN1CCC(CNC(C)=O)CC1. The van der Waals surface area contributed by atoms with Crippen LogP contribution in [0.4, 0.5) is 0 Å². The van der Waals surface area contributed by atoms with E-state index in [1.807, 2.05) is 7.05 Å². The van der Waals surface area contributed by atoms with Crippen molar-refractivity contribution in [1.29, 1.82) is 0 Å². The second-order valence-electron chi connectivity index (χ2n) is 4.33. The highest BCUT2D eigenvalue weighted by Crippen LogP contribution is 2.15. The van der Waals surface area contributed by atoms with E-state index in [-0.39, 0.29) is 5.91 Å². The summed E-state index contributed by atoms with van der Waals surface area (Å²) in [6.45, 7) is 6.99. The minimum absolute atomic E-state index is 0.0904. The first-order valence-corrected chi connectivity index (χ1v) is 5.83. The predicted octanol–water partition coefficient (Wildman–Crippen LogP) is 0.0539. The first kappa shape index (κ1) is 12.5. The van der Waals surface area contributed by atoms with Crippen LogP contribution in [0.5, 0.6) is 0 Å². The molecule has 0 spiro atoms. The molecule has 1 saturated heterocycles. The summed E-state index contributed by atoms with van der Waals surface area (Å²) < 4.78 is 0. The number of nitrogens with zero attached hydrogens (tertiary/aromatic N) is 1. The molecule has 1 aliphatic rings. The molecular formula is C11H23N3O. The lowest BCUT2D eigenvalue weighted by molar-refractivity contribution is -0.119. The van der Waals surface area contributed by atoms with Crippen molar-refractivity contribution in [3.05, 3.63) is 0 Å². The molecule has 0 saturated carbocycles. The zero-order valence-corrected chi connectivity index (χ0v) is 9.88. The molecule has 0 unspecified atom stereocenters. The maximum absolute atomic E-state index is 10.8. The van der Waals surface area contributed by atoms with E-state index in [0.29, 0.717) is 5.92 Å². The van der Waals surface area contributed by atoms with Crippen LogP contribution in [-0.2, 0) is 4.79 Å². The van der Waals surface area contributed by atoms with Crippen LogP contribution in [0.15, 0.2) is 0 Å². The van der Waals surface area contributed by atoms with Gasteiger partial charge in [0.2, 0.25) is 5.91 Å². The molecule has 0 bridgehead atoms. The van der Waals surface area contributed by atoms with E-state index < -0.39 is 0 Å². The van der Waals surface area contributed by atoms with Gasteiger partial charge >= 0.3 is 0 Å². The van der Waals surface area contributed by atoms with Gasteiger partial charge in [0.1, 0.15) is 0 Å². The van der Waals surface area contributed by atoms with Crippen molar-refractivity contribution in [2.45, 2.75) is 19.8 Å². The summed E-state index contributed by atoms with van der Waals surface area (Å²) in [5.74, 6) is 0.771. The van der Waals surface area contributed by atoms with Gasteiger partial charge < -0.3 is 15.5 Å². The fraction of sp³-hybridized carbons (Fsp3) is 0.909. The molecule has 2 N–H and O–H groups in total. The molecule has 0 aliphatic carbocycles. The average molecular weight is 213 g/mol. The smallest absolute Gasteiger partial charge is 0.216 e. The van der Waals surface area contributed by atoms with Gasteiger partial charge in [-0.05, 0) is 38.9 Å². The maximum atomic E-state index is 10.8. The monoisotopic (exact) mass is 213 g/mol. The Balaban J connectivity index is 2.09. The minimum Gasteiger partial charge on any atom is -0.356 e. The summed E-state index contributed by atoms with van der Waals surface area (Å²) in [4.78, 5) is 13.2. The van der Waals surface area contributed by atoms with E-state index in [2.05, 4.69) is 15.5 Å². The van der Waals surface area contributed by atoms with E-state index in [4.69, 9.17) is 0 Å². The van der Waals surface area contributed by atoms with Gasteiger partial charge in [0.15, 0.2) is 0 Å². The largest absolute Gasteiger partial charge is 0.356 e. The fourth-order valence-electron chi connectivity index (χ4n) is 1.97. The number of piperidine rings is 1. The molecule has 1 fully saturated rings. The van der Waals surface area contributed by atoms with Crippen molar-refractivity contribution in [2.24, 2.45) is 5.92 Å². The molecule has 1 amide bonds. The van der Waals surface area contributed by atoms with Crippen LogP contribution >= 0.6 is 0 Å². The van der Waals surface area contributed by atoms with Gasteiger partial charge in [-0.3, -0.25) is 4.79 Å². The first-order valence-electron chi connectivity index (χ1n) is 5.83. The third-order valence-electron chi connectivity index (χ3n) is 3.02. The number of carbonyl (C=O) groups is 1. The lowest BCUT2D eigenvalue weighted by Crippen LogP contribution is -2.40. The molecule has 4 heteroatoms. The number of rotatable bonds is 5. The van der Waals surface area contributed by atoms with Crippen LogP contribution in [-0.4, -0.2) is 50.6 Å². The van der Waals surface area contributed by atoms with Crippen LogP contribution in [0.1, 0.15) is 19.8 Å². The van der Waals surface area contributed by atoms with Gasteiger partial charge in [-0.1, -0.05) is 0 Å². The molecule has 0 aromatic rings. The van der Waals surface area contributed by atoms with Gasteiger partial charge in [-0.2, -0.15) is 0 Å². The molecule has 1 rings (SSSR count). The van der Waals surface area contributed by atoms with Crippen molar-refractivity contribution in [3.8, 4) is 0 Å². The molecule has 0 radical (unpaired) electrons. The van der Waals surface area contributed by atoms with Crippen molar-refractivity contribution in [3.63, 3.8) is 0 Å². The number of carbonyl (C=O) groups excluding carboxylic acids is 1. The molecule has 1 heterocycles. The van der Waals surface area contributed by atoms with Crippen LogP contribution < -0.4 is 10.6 Å². The van der Waals surface area contributed by atoms with Gasteiger partial charge in [0, 0.05) is 26.6 Å². The second-order valence-corrected chi connectivity index (χ2v) is 4.33. The van der Waals surface area contributed by atoms with Crippen molar-refractivity contribution in [2.75, 3.05) is 39.8 Å². The molecule has 15 heavy (non-hydrogen) atoms. The number of likely N-dealkylation sites (tertiary alicyclic amines) is 1. The topological polar surface area (TPSA) is 44.4 Å².